The standard InChI is InChI=1S/C16H18N2O9/c17-10(6-12(19)20)14(23)18(11(15(24)25)7-13(21)22)16(26)27-8-9-4-2-1-3-5-9/h1-5,10-11H,6-8,17H2,(H,19,20)(H,21,22)(H,24,25). The number of nitrogens with zero attached hydrogens (tertiary/aromatic N) is 1. The van der Waals surface area contributed by atoms with E-state index in [9.17, 15) is 29.1 Å². The average Bonchev–Trinajstić information content (AvgIpc) is 2.59. The molecular formula is C16H18N2O9. The van der Waals surface area contributed by atoms with Crippen molar-refractivity contribution in [3.05, 3.63) is 35.9 Å². The third-order valence-electron chi connectivity index (χ3n) is 3.32. The van der Waals surface area contributed by atoms with E-state index in [0.717, 1.165) is 0 Å². The second-order valence-electron chi connectivity index (χ2n) is 5.40. The summed E-state index contributed by atoms with van der Waals surface area (Å²) in [7, 11) is 0. The van der Waals surface area contributed by atoms with Gasteiger partial charge in [-0.05, 0) is 5.56 Å². The highest BCUT2D eigenvalue weighted by molar-refractivity contribution is 6.00. The van der Waals surface area contributed by atoms with Crippen LogP contribution in [0.2, 0.25) is 0 Å². The normalized spacial score (nSPS) is 12.5. The van der Waals surface area contributed by atoms with Crippen molar-refractivity contribution >= 4 is 29.9 Å². The van der Waals surface area contributed by atoms with Gasteiger partial charge in [-0.3, -0.25) is 14.4 Å². The fourth-order valence-corrected chi connectivity index (χ4v) is 2.07. The maximum atomic E-state index is 12.3. The minimum atomic E-state index is -2.11. The van der Waals surface area contributed by atoms with Crippen molar-refractivity contribution < 1.29 is 44.0 Å². The van der Waals surface area contributed by atoms with Gasteiger partial charge in [-0.1, -0.05) is 30.3 Å². The van der Waals surface area contributed by atoms with Crippen LogP contribution in [0.15, 0.2) is 30.3 Å². The number of hydrogen-bond donors (Lipinski definition) is 4. The van der Waals surface area contributed by atoms with Gasteiger partial charge in [-0.15, -0.1) is 0 Å². The molecule has 11 nitrogen and oxygen atoms in total. The predicted octanol–water partition coefficient (Wildman–Crippen LogP) is -0.118. The molecule has 0 saturated heterocycles. The largest absolute Gasteiger partial charge is 0.481 e. The third kappa shape index (κ3) is 6.74. The van der Waals surface area contributed by atoms with E-state index >= 15 is 0 Å². The second kappa shape index (κ2) is 9.87. The Morgan fingerprint density at radius 2 is 1.52 bits per heavy atom. The number of aliphatic carboxylic acids is 3. The van der Waals surface area contributed by atoms with Crippen LogP contribution in [0.4, 0.5) is 4.79 Å². The molecule has 0 aliphatic carbocycles. The number of carboxylic acid groups (broad SMARTS) is 3. The number of amides is 2. The van der Waals surface area contributed by atoms with Gasteiger partial charge in [0, 0.05) is 0 Å². The Hall–Kier alpha value is -3.47. The maximum Gasteiger partial charge on any atom is 0.417 e. The van der Waals surface area contributed by atoms with Crippen molar-refractivity contribution in [3.63, 3.8) is 0 Å². The van der Waals surface area contributed by atoms with Crippen LogP contribution in [0.3, 0.4) is 0 Å². The lowest BCUT2D eigenvalue weighted by Gasteiger charge is -2.27. The van der Waals surface area contributed by atoms with Gasteiger partial charge in [0.2, 0.25) is 5.91 Å². The average molecular weight is 382 g/mol. The molecule has 146 valence electrons. The number of carbonyl (C=O) groups excluding carboxylic acids is 2. The summed E-state index contributed by atoms with van der Waals surface area (Å²) >= 11 is 0. The summed E-state index contributed by atoms with van der Waals surface area (Å²) in [6.07, 6.45) is -3.44. The lowest BCUT2D eigenvalue weighted by molar-refractivity contribution is -0.154. The van der Waals surface area contributed by atoms with Gasteiger partial charge >= 0.3 is 24.0 Å². The van der Waals surface area contributed by atoms with Gasteiger partial charge in [0.05, 0.1) is 18.9 Å². The topological polar surface area (TPSA) is 185 Å². The van der Waals surface area contributed by atoms with Crippen LogP contribution in [0.1, 0.15) is 18.4 Å². The molecule has 2 unspecified atom stereocenters. The Kier molecular flexibility index (Phi) is 7.89. The Morgan fingerprint density at radius 3 is 2.00 bits per heavy atom. The van der Waals surface area contributed by atoms with Crippen LogP contribution in [0, 0.1) is 0 Å². The number of hydrogen-bond acceptors (Lipinski definition) is 7. The van der Waals surface area contributed by atoms with Gasteiger partial charge in [0.25, 0.3) is 0 Å². The summed E-state index contributed by atoms with van der Waals surface area (Å²) in [6, 6.07) is 4.33. The van der Waals surface area contributed by atoms with E-state index in [2.05, 4.69) is 0 Å². The maximum absolute atomic E-state index is 12.3. The van der Waals surface area contributed by atoms with Crippen molar-refractivity contribution in [2.75, 3.05) is 0 Å². The Bertz CT molecular complexity index is 720. The molecule has 1 aromatic carbocycles. The molecule has 0 spiro atoms. The summed E-state index contributed by atoms with van der Waals surface area (Å²) in [4.78, 5) is 57.7. The van der Waals surface area contributed by atoms with E-state index in [0.29, 0.717) is 5.56 Å². The zero-order chi connectivity index (χ0) is 20.6. The van der Waals surface area contributed by atoms with Crippen molar-refractivity contribution in [1.29, 1.82) is 0 Å². The molecule has 0 radical (unpaired) electrons. The van der Waals surface area contributed by atoms with Gasteiger partial charge in [-0.25, -0.2) is 14.5 Å². The molecule has 0 aliphatic rings. The minimum absolute atomic E-state index is 0.0347. The summed E-state index contributed by atoms with van der Waals surface area (Å²) < 4.78 is 4.89. The number of benzene rings is 1. The van der Waals surface area contributed by atoms with Crippen molar-refractivity contribution in [1.82, 2.24) is 4.90 Å². The highest BCUT2D eigenvalue weighted by atomic mass is 16.6. The summed E-state index contributed by atoms with van der Waals surface area (Å²) in [5.74, 6) is -6.21. The Labute approximate surface area is 152 Å². The second-order valence-corrected chi connectivity index (χ2v) is 5.40. The first-order chi connectivity index (χ1) is 12.6. The number of carboxylic acids is 3. The first-order valence-corrected chi connectivity index (χ1v) is 7.59. The first-order valence-electron chi connectivity index (χ1n) is 7.59. The molecule has 27 heavy (non-hydrogen) atoms. The van der Waals surface area contributed by atoms with Crippen molar-refractivity contribution in [3.8, 4) is 0 Å². The molecule has 0 aromatic heterocycles. The van der Waals surface area contributed by atoms with Gasteiger partial charge in [0.15, 0.2) is 6.04 Å². The van der Waals surface area contributed by atoms with Gasteiger partial charge < -0.3 is 25.8 Å². The zero-order valence-electron chi connectivity index (χ0n) is 14.0. The van der Waals surface area contributed by atoms with E-state index in [4.69, 9.17) is 20.7 Å². The van der Waals surface area contributed by atoms with E-state index in [1.54, 1.807) is 30.3 Å². The number of rotatable bonds is 9. The highest BCUT2D eigenvalue weighted by Crippen LogP contribution is 2.13. The first kappa shape index (κ1) is 21.6. The van der Waals surface area contributed by atoms with E-state index in [1.165, 1.54) is 0 Å². The molecule has 1 aromatic rings. The number of ether oxygens (including phenoxy) is 1. The number of imide groups is 1. The molecule has 11 heteroatoms. The van der Waals surface area contributed by atoms with Gasteiger partial charge in [0.1, 0.15) is 6.61 Å². The van der Waals surface area contributed by atoms with Crippen LogP contribution in [0.5, 0.6) is 0 Å². The predicted molar refractivity (Wildman–Crippen MR) is 87.4 cm³/mol. The molecule has 2 amide bonds. The smallest absolute Gasteiger partial charge is 0.417 e. The van der Waals surface area contributed by atoms with Crippen molar-refractivity contribution in [2.24, 2.45) is 5.73 Å². The fraction of sp³-hybridized carbons (Fsp3) is 0.312. The van der Waals surface area contributed by atoms with Crippen LogP contribution >= 0.6 is 0 Å². The summed E-state index contributed by atoms with van der Waals surface area (Å²) in [6.45, 7) is -0.322. The van der Waals surface area contributed by atoms with Crippen LogP contribution < -0.4 is 5.73 Å². The van der Waals surface area contributed by atoms with Crippen LogP contribution in [0.25, 0.3) is 0 Å². The Balaban J connectivity index is 3.08. The molecule has 1 rings (SSSR count). The summed E-state index contributed by atoms with van der Waals surface area (Å²) in [5.41, 5.74) is 5.94. The molecule has 0 fully saturated rings. The molecule has 0 heterocycles. The molecule has 0 aliphatic heterocycles. The molecule has 2 atom stereocenters. The molecule has 0 bridgehead atoms. The molecule has 5 N–H and O–H groups in total. The van der Waals surface area contributed by atoms with Crippen molar-refractivity contribution in [2.45, 2.75) is 31.5 Å². The quantitative estimate of drug-likeness (QED) is 0.449. The number of carbonyl (C=O) groups is 5. The lowest BCUT2D eigenvalue weighted by atomic mass is 10.1. The van der Waals surface area contributed by atoms with Crippen LogP contribution in [-0.4, -0.2) is 62.2 Å². The fourth-order valence-electron chi connectivity index (χ4n) is 2.07. The highest BCUT2D eigenvalue weighted by Gasteiger charge is 2.40. The van der Waals surface area contributed by atoms with E-state index in [-0.39, 0.29) is 11.5 Å². The van der Waals surface area contributed by atoms with E-state index in [1.807, 2.05) is 0 Å². The lowest BCUT2D eigenvalue weighted by Crippen LogP contribution is -2.55. The SMILES string of the molecule is NC(CC(=O)O)C(=O)N(C(=O)OCc1ccccc1)C(CC(=O)O)C(=O)O. The zero-order valence-corrected chi connectivity index (χ0v) is 14.0. The molecule has 0 saturated carbocycles. The third-order valence-corrected chi connectivity index (χ3v) is 3.32. The van der Waals surface area contributed by atoms with Gasteiger partial charge in [-0.2, -0.15) is 0 Å². The number of nitrogens with two attached hydrogens (primary N) is 1. The monoisotopic (exact) mass is 382 g/mol. The summed E-state index contributed by atoms with van der Waals surface area (Å²) in [5, 5.41) is 26.8. The minimum Gasteiger partial charge on any atom is -0.481 e. The Morgan fingerprint density at radius 1 is 0.963 bits per heavy atom. The molecular weight excluding hydrogens is 364 g/mol. The van der Waals surface area contributed by atoms with E-state index < -0.39 is 54.8 Å². The van der Waals surface area contributed by atoms with Crippen LogP contribution in [-0.2, 0) is 30.5 Å².